The van der Waals surface area contributed by atoms with Gasteiger partial charge in [-0.1, -0.05) is 32.9 Å². The molecule has 1 N–H and O–H groups in total. The number of piperidine rings is 1. The summed E-state index contributed by atoms with van der Waals surface area (Å²) in [5.41, 5.74) is 2.04. The van der Waals surface area contributed by atoms with Crippen LogP contribution in [-0.4, -0.2) is 49.1 Å². The van der Waals surface area contributed by atoms with Gasteiger partial charge in [0, 0.05) is 43.8 Å². The van der Waals surface area contributed by atoms with E-state index in [1.807, 2.05) is 29.2 Å². The first-order valence-corrected chi connectivity index (χ1v) is 10.1. The molecule has 2 aliphatic rings. The molecule has 1 aromatic rings. The Hall–Kier alpha value is -1.88. The first-order chi connectivity index (χ1) is 12.8. The van der Waals surface area contributed by atoms with Gasteiger partial charge >= 0.3 is 0 Å². The highest BCUT2D eigenvalue weighted by Gasteiger charge is 2.29. The van der Waals surface area contributed by atoms with E-state index in [1.54, 1.807) is 0 Å². The maximum atomic E-state index is 12.8. The maximum Gasteiger partial charge on any atom is 0.253 e. The predicted octanol–water partition coefficient (Wildman–Crippen LogP) is 3.13. The van der Waals surface area contributed by atoms with Gasteiger partial charge in [-0.05, 0) is 48.8 Å². The summed E-state index contributed by atoms with van der Waals surface area (Å²) in [5.74, 6) is 0.224. The van der Waals surface area contributed by atoms with Gasteiger partial charge in [-0.25, -0.2) is 0 Å². The minimum atomic E-state index is 0.0140. The van der Waals surface area contributed by atoms with Gasteiger partial charge in [0.15, 0.2) is 0 Å². The SMILES string of the molecule is CC(C)(C)c1ccc(C(=O)N2CCC(C(=O)NC3CCOCC3)CC2)cc1. The van der Waals surface area contributed by atoms with Crippen LogP contribution in [0.3, 0.4) is 0 Å². The van der Waals surface area contributed by atoms with Crippen LogP contribution in [0.25, 0.3) is 0 Å². The Bertz CT molecular complexity index is 649. The average Bonchev–Trinajstić information content (AvgIpc) is 2.68. The second kappa shape index (κ2) is 8.42. The molecule has 0 aliphatic carbocycles. The lowest BCUT2D eigenvalue weighted by Gasteiger charge is -2.33. The summed E-state index contributed by atoms with van der Waals surface area (Å²) >= 11 is 0. The van der Waals surface area contributed by atoms with Crippen LogP contribution < -0.4 is 5.32 Å². The molecule has 0 atom stereocenters. The minimum absolute atomic E-state index is 0.0140. The molecule has 27 heavy (non-hydrogen) atoms. The molecule has 2 amide bonds. The molecule has 0 spiro atoms. The lowest BCUT2D eigenvalue weighted by Crippen LogP contribution is -2.46. The fourth-order valence-corrected chi connectivity index (χ4v) is 3.80. The van der Waals surface area contributed by atoms with E-state index in [0.717, 1.165) is 44.5 Å². The van der Waals surface area contributed by atoms with E-state index >= 15 is 0 Å². The van der Waals surface area contributed by atoms with Crippen molar-refractivity contribution in [2.75, 3.05) is 26.3 Å². The molecule has 2 aliphatic heterocycles. The first-order valence-electron chi connectivity index (χ1n) is 10.1. The molecule has 1 aromatic carbocycles. The van der Waals surface area contributed by atoms with E-state index in [1.165, 1.54) is 5.56 Å². The lowest BCUT2D eigenvalue weighted by atomic mass is 9.86. The molecule has 0 bridgehead atoms. The number of rotatable bonds is 3. The molecule has 0 saturated carbocycles. The molecule has 5 nitrogen and oxygen atoms in total. The van der Waals surface area contributed by atoms with Crippen molar-refractivity contribution in [2.24, 2.45) is 5.92 Å². The standard InChI is InChI=1S/C22H32N2O3/c1-22(2,3)18-6-4-17(5-7-18)21(26)24-12-8-16(9-13-24)20(25)23-19-10-14-27-15-11-19/h4-7,16,19H,8-15H2,1-3H3,(H,23,25). The molecule has 2 fully saturated rings. The fraction of sp³-hybridized carbons (Fsp3) is 0.636. The number of nitrogens with zero attached hydrogens (tertiary/aromatic N) is 1. The van der Waals surface area contributed by atoms with Crippen LogP contribution in [0.2, 0.25) is 0 Å². The molecular weight excluding hydrogens is 340 g/mol. The van der Waals surface area contributed by atoms with Crippen LogP contribution in [0.15, 0.2) is 24.3 Å². The summed E-state index contributed by atoms with van der Waals surface area (Å²) in [5, 5.41) is 3.16. The number of benzene rings is 1. The van der Waals surface area contributed by atoms with Crippen molar-refractivity contribution in [2.45, 2.75) is 57.9 Å². The van der Waals surface area contributed by atoms with E-state index < -0.39 is 0 Å². The number of hydrogen-bond acceptors (Lipinski definition) is 3. The Morgan fingerprint density at radius 2 is 1.59 bits per heavy atom. The predicted molar refractivity (Wildman–Crippen MR) is 106 cm³/mol. The zero-order valence-corrected chi connectivity index (χ0v) is 16.8. The van der Waals surface area contributed by atoms with Gasteiger partial charge in [-0.15, -0.1) is 0 Å². The zero-order chi connectivity index (χ0) is 19.4. The smallest absolute Gasteiger partial charge is 0.253 e. The highest BCUT2D eigenvalue weighted by Crippen LogP contribution is 2.24. The Morgan fingerprint density at radius 3 is 2.15 bits per heavy atom. The topological polar surface area (TPSA) is 58.6 Å². The largest absolute Gasteiger partial charge is 0.381 e. The number of carbonyl (C=O) groups excluding carboxylic acids is 2. The fourth-order valence-electron chi connectivity index (χ4n) is 3.80. The van der Waals surface area contributed by atoms with Gasteiger partial charge in [0.25, 0.3) is 5.91 Å². The third-order valence-corrected chi connectivity index (χ3v) is 5.72. The molecule has 3 rings (SSSR count). The second-order valence-electron chi connectivity index (χ2n) is 8.79. The van der Waals surface area contributed by atoms with Gasteiger partial charge in [0.2, 0.25) is 5.91 Å². The molecule has 0 aromatic heterocycles. The maximum absolute atomic E-state index is 12.8. The summed E-state index contributed by atoms with van der Waals surface area (Å²) < 4.78 is 5.34. The third-order valence-electron chi connectivity index (χ3n) is 5.72. The molecule has 0 unspecified atom stereocenters. The summed E-state index contributed by atoms with van der Waals surface area (Å²) in [4.78, 5) is 27.1. The van der Waals surface area contributed by atoms with Gasteiger partial charge in [0.1, 0.15) is 0 Å². The highest BCUT2D eigenvalue weighted by molar-refractivity contribution is 5.94. The van der Waals surface area contributed by atoms with Crippen LogP contribution in [-0.2, 0) is 14.9 Å². The van der Waals surface area contributed by atoms with Crippen molar-refractivity contribution < 1.29 is 14.3 Å². The quantitative estimate of drug-likeness (QED) is 0.887. The Labute approximate surface area is 162 Å². The molecule has 148 valence electrons. The third kappa shape index (κ3) is 5.10. The number of ether oxygens (including phenoxy) is 1. The van der Waals surface area contributed by atoms with Crippen LogP contribution >= 0.6 is 0 Å². The Morgan fingerprint density at radius 1 is 1.00 bits per heavy atom. The van der Waals surface area contributed by atoms with Gasteiger partial charge in [-0.2, -0.15) is 0 Å². The Balaban J connectivity index is 1.50. The van der Waals surface area contributed by atoms with Crippen molar-refractivity contribution in [3.63, 3.8) is 0 Å². The molecule has 2 saturated heterocycles. The monoisotopic (exact) mass is 372 g/mol. The lowest BCUT2D eigenvalue weighted by molar-refractivity contribution is -0.127. The van der Waals surface area contributed by atoms with E-state index in [2.05, 4.69) is 26.1 Å². The van der Waals surface area contributed by atoms with Crippen LogP contribution in [0.1, 0.15) is 62.4 Å². The van der Waals surface area contributed by atoms with Crippen molar-refractivity contribution in [3.05, 3.63) is 35.4 Å². The number of nitrogens with one attached hydrogen (secondary N) is 1. The minimum Gasteiger partial charge on any atom is -0.381 e. The number of carbonyl (C=O) groups is 2. The summed E-state index contributed by atoms with van der Waals surface area (Å²) in [7, 11) is 0. The van der Waals surface area contributed by atoms with Gasteiger partial charge in [0.05, 0.1) is 0 Å². The second-order valence-corrected chi connectivity index (χ2v) is 8.79. The normalized spacial score (nSPS) is 19.7. The van der Waals surface area contributed by atoms with Gasteiger partial charge < -0.3 is 15.0 Å². The zero-order valence-electron chi connectivity index (χ0n) is 16.8. The van der Waals surface area contributed by atoms with Crippen molar-refractivity contribution in [1.82, 2.24) is 10.2 Å². The van der Waals surface area contributed by atoms with E-state index in [9.17, 15) is 9.59 Å². The molecule has 2 heterocycles. The molecule has 5 heteroatoms. The number of amides is 2. The molecule has 0 radical (unpaired) electrons. The highest BCUT2D eigenvalue weighted by atomic mass is 16.5. The van der Waals surface area contributed by atoms with Crippen LogP contribution in [0, 0.1) is 5.92 Å². The van der Waals surface area contributed by atoms with E-state index in [0.29, 0.717) is 13.1 Å². The Kier molecular flexibility index (Phi) is 6.20. The molecular formula is C22H32N2O3. The van der Waals surface area contributed by atoms with Crippen molar-refractivity contribution in [3.8, 4) is 0 Å². The van der Waals surface area contributed by atoms with Gasteiger partial charge in [-0.3, -0.25) is 9.59 Å². The van der Waals surface area contributed by atoms with Crippen molar-refractivity contribution in [1.29, 1.82) is 0 Å². The average molecular weight is 373 g/mol. The van der Waals surface area contributed by atoms with E-state index in [4.69, 9.17) is 4.74 Å². The van der Waals surface area contributed by atoms with Crippen molar-refractivity contribution >= 4 is 11.8 Å². The van der Waals surface area contributed by atoms with Crippen LogP contribution in [0.5, 0.6) is 0 Å². The first kappa shape index (κ1) is 19.9. The summed E-state index contributed by atoms with van der Waals surface area (Å²) in [6.45, 7) is 9.25. The summed E-state index contributed by atoms with van der Waals surface area (Å²) in [6.07, 6.45) is 3.27. The van der Waals surface area contributed by atoms with Crippen LogP contribution in [0.4, 0.5) is 0 Å². The number of likely N-dealkylation sites (tertiary alicyclic amines) is 1. The number of hydrogen-bond donors (Lipinski definition) is 1. The van der Waals surface area contributed by atoms with E-state index in [-0.39, 0.29) is 29.2 Å². The summed E-state index contributed by atoms with van der Waals surface area (Å²) in [6, 6.07) is 8.18.